The molecule has 1 rings (SSSR count). The first-order valence-corrected chi connectivity index (χ1v) is 6.48. The second-order valence-electron chi connectivity index (χ2n) is 4.53. The normalized spacial score (nSPS) is 15.0. The highest BCUT2D eigenvalue weighted by atomic mass is 79.9. The molecule has 2 atom stereocenters. The molecule has 0 aliphatic carbocycles. The van der Waals surface area contributed by atoms with Gasteiger partial charge in [0.05, 0.1) is 10.6 Å². The quantitative estimate of drug-likeness (QED) is 0.907. The fourth-order valence-electron chi connectivity index (χ4n) is 2.02. The van der Waals surface area contributed by atoms with Crippen molar-refractivity contribution in [3.05, 3.63) is 34.1 Å². The summed E-state index contributed by atoms with van der Waals surface area (Å²) in [5.41, 5.74) is 6.99. The first-order chi connectivity index (χ1) is 7.97. The SMILES string of the molecule is COC(C(C)C)C(N)Cc1cccc(F)c1Br. The van der Waals surface area contributed by atoms with Crippen LogP contribution in [0.15, 0.2) is 22.7 Å². The summed E-state index contributed by atoms with van der Waals surface area (Å²) in [6.45, 7) is 4.13. The summed E-state index contributed by atoms with van der Waals surface area (Å²) < 4.78 is 19.2. The van der Waals surface area contributed by atoms with Gasteiger partial charge >= 0.3 is 0 Å². The maximum Gasteiger partial charge on any atom is 0.137 e. The summed E-state index contributed by atoms with van der Waals surface area (Å²) in [6, 6.07) is 4.85. The van der Waals surface area contributed by atoms with Crippen molar-refractivity contribution in [3.63, 3.8) is 0 Å². The summed E-state index contributed by atoms with van der Waals surface area (Å²) >= 11 is 3.25. The second kappa shape index (κ2) is 6.47. The molecule has 2 nitrogen and oxygen atoms in total. The molecule has 96 valence electrons. The Morgan fingerprint density at radius 2 is 2.06 bits per heavy atom. The van der Waals surface area contributed by atoms with E-state index in [1.165, 1.54) is 6.07 Å². The fourth-order valence-corrected chi connectivity index (χ4v) is 2.44. The van der Waals surface area contributed by atoms with Gasteiger partial charge in [-0.25, -0.2) is 4.39 Å². The Balaban J connectivity index is 2.80. The smallest absolute Gasteiger partial charge is 0.137 e. The predicted octanol–water partition coefficient (Wildman–Crippen LogP) is 3.13. The minimum atomic E-state index is -0.256. The van der Waals surface area contributed by atoms with Crippen molar-refractivity contribution in [2.45, 2.75) is 32.4 Å². The number of nitrogens with two attached hydrogens (primary N) is 1. The Morgan fingerprint density at radius 1 is 1.41 bits per heavy atom. The average molecular weight is 304 g/mol. The summed E-state index contributed by atoms with van der Waals surface area (Å²) in [6.07, 6.45) is 0.569. The molecule has 0 spiro atoms. The predicted molar refractivity (Wildman–Crippen MR) is 71.4 cm³/mol. The van der Waals surface area contributed by atoms with E-state index >= 15 is 0 Å². The molecule has 0 aliphatic rings. The number of rotatable bonds is 5. The molecule has 0 saturated heterocycles. The van der Waals surface area contributed by atoms with Crippen LogP contribution in [-0.2, 0) is 11.2 Å². The molecule has 0 radical (unpaired) electrons. The minimum Gasteiger partial charge on any atom is -0.380 e. The van der Waals surface area contributed by atoms with Crippen molar-refractivity contribution in [2.75, 3.05) is 7.11 Å². The molecule has 17 heavy (non-hydrogen) atoms. The third-order valence-corrected chi connectivity index (χ3v) is 3.73. The van der Waals surface area contributed by atoms with Crippen LogP contribution in [-0.4, -0.2) is 19.3 Å². The monoisotopic (exact) mass is 303 g/mol. The molecule has 0 saturated carbocycles. The van der Waals surface area contributed by atoms with Crippen LogP contribution < -0.4 is 5.73 Å². The van der Waals surface area contributed by atoms with E-state index in [0.717, 1.165) is 5.56 Å². The van der Waals surface area contributed by atoms with Crippen molar-refractivity contribution in [2.24, 2.45) is 11.7 Å². The Hall–Kier alpha value is -0.450. The van der Waals surface area contributed by atoms with Crippen molar-refractivity contribution in [1.29, 1.82) is 0 Å². The van der Waals surface area contributed by atoms with E-state index in [1.807, 2.05) is 6.07 Å². The van der Waals surface area contributed by atoms with Crippen LogP contribution in [0.1, 0.15) is 19.4 Å². The summed E-state index contributed by atoms with van der Waals surface area (Å²) in [5, 5.41) is 0. The Kier molecular flexibility index (Phi) is 5.56. The van der Waals surface area contributed by atoms with Gasteiger partial charge < -0.3 is 10.5 Å². The highest BCUT2D eigenvalue weighted by Crippen LogP contribution is 2.23. The standard InChI is InChI=1S/C13H19BrFNO/c1-8(2)13(17-3)11(16)7-9-5-4-6-10(15)12(9)14/h4-6,8,11,13H,7,16H2,1-3H3. The van der Waals surface area contributed by atoms with E-state index < -0.39 is 0 Å². The van der Waals surface area contributed by atoms with Crippen molar-refractivity contribution < 1.29 is 9.13 Å². The maximum absolute atomic E-state index is 13.4. The zero-order valence-electron chi connectivity index (χ0n) is 10.4. The molecule has 2 unspecified atom stereocenters. The molecule has 1 aromatic carbocycles. The van der Waals surface area contributed by atoms with Gasteiger partial charge in [-0.05, 0) is 39.9 Å². The van der Waals surface area contributed by atoms with E-state index in [4.69, 9.17) is 10.5 Å². The zero-order valence-corrected chi connectivity index (χ0v) is 12.0. The molecule has 0 bridgehead atoms. The molecule has 0 fully saturated rings. The molecule has 0 aliphatic heterocycles. The molecule has 1 aromatic rings. The Morgan fingerprint density at radius 3 is 2.59 bits per heavy atom. The van der Waals surface area contributed by atoms with Gasteiger partial charge in [-0.3, -0.25) is 0 Å². The van der Waals surface area contributed by atoms with Crippen LogP contribution in [0, 0.1) is 11.7 Å². The maximum atomic E-state index is 13.4. The first-order valence-electron chi connectivity index (χ1n) is 5.68. The lowest BCUT2D eigenvalue weighted by molar-refractivity contribution is 0.0441. The van der Waals surface area contributed by atoms with Crippen LogP contribution in [0.2, 0.25) is 0 Å². The Labute approximate surface area is 110 Å². The molecular weight excluding hydrogens is 285 g/mol. The second-order valence-corrected chi connectivity index (χ2v) is 5.32. The average Bonchev–Trinajstić information content (AvgIpc) is 2.25. The van der Waals surface area contributed by atoms with Gasteiger partial charge in [0.1, 0.15) is 5.82 Å². The third kappa shape index (κ3) is 3.76. The fraction of sp³-hybridized carbons (Fsp3) is 0.538. The topological polar surface area (TPSA) is 35.2 Å². The molecular formula is C13H19BrFNO. The van der Waals surface area contributed by atoms with Crippen LogP contribution in [0.3, 0.4) is 0 Å². The van der Waals surface area contributed by atoms with Crippen LogP contribution in [0.25, 0.3) is 0 Å². The lowest BCUT2D eigenvalue weighted by Crippen LogP contribution is -2.41. The third-order valence-electron chi connectivity index (χ3n) is 2.84. The van der Waals surface area contributed by atoms with E-state index in [1.54, 1.807) is 13.2 Å². The summed E-state index contributed by atoms with van der Waals surface area (Å²) in [5.74, 6) is 0.0792. The number of benzene rings is 1. The summed E-state index contributed by atoms with van der Waals surface area (Å²) in [7, 11) is 1.66. The van der Waals surface area contributed by atoms with Crippen molar-refractivity contribution >= 4 is 15.9 Å². The van der Waals surface area contributed by atoms with Gasteiger partial charge in [0, 0.05) is 13.2 Å². The molecule has 0 heterocycles. The number of ether oxygens (including phenoxy) is 1. The van der Waals surface area contributed by atoms with Gasteiger partial charge in [0.2, 0.25) is 0 Å². The number of halogens is 2. The molecule has 4 heteroatoms. The van der Waals surface area contributed by atoms with Crippen LogP contribution >= 0.6 is 15.9 Å². The van der Waals surface area contributed by atoms with E-state index in [0.29, 0.717) is 16.8 Å². The van der Waals surface area contributed by atoms with Gasteiger partial charge in [0.15, 0.2) is 0 Å². The van der Waals surface area contributed by atoms with Gasteiger partial charge in [0.25, 0.3) is 0 Å². The molecule has 0 amide bonds. The van der Waals surface area contributed by atoms with Gasteiger partial charge in [-0.2, -0.15) is 0 Å². The van der Waals surface area contributed by atoms with Crippen LogP contribution in [0.4, 0.5) is 4.39 Å². The summed E-state index contributed by atoms with van der Waals surface area (Å²) in [4.78, 5) is 0. The largest absolute Gasteiger partial charge is 0.380 e. The number of hydrogen-bond donors (Lipinski definition) is 1. The Bertz CT molecular complexity index is 370. The lowest BCUT2D eigenvalue weighted by Gasteiger charge is -2.26. The van der Waals surface area contributed by atoms with E-state index in [2.05, 4.69) is 29.8 Å². The highest BCUT2D eigenvalue weighted by Gasteiger charge is 2.22. The molecule has 0 aromatic heterocycles. The minimum absolute atomic E-state index is 0.0230. The van der Waals surface area contributed by atoms with Gasteiger partial charge in [-0.1, -0.05) is 26.0 Å². The zero-order chi connectivity index (χ0) is 13.0. The van der Waals surface area contributed by atoms with Crippen molar-refractivity contribution in [3.8, 4) is 0 Å². The van der Waals surface area contributed by atoms with Crippen molar-refractivity contribution in [1.82, 2.24) is 0 Å². The highest BCUT2D eigenvalue weighted by molar-refractivity contribution is 9.10. The lowest BCUT2D eigenvalue weighted by atomic mass is 9.94. The van der Waals surface area contributed by atoms with Gasteiger partial charge in [-0.15, -0.1) is 0 Å². The molecule has 2 N–H and O–H groups in total. The van der Waals surface area contributed by atoms with Crippen LogP contribution in [0.5, 0.6) is 0 Å². The first kappa shape index (κ1) is 14.6. The number of hydrogen-bond acceptors (Lipinski definition) is 2. The van der Waals surface area contributed by atoms with E-state index in [-0.39, 0.29) is 18.0 Å². The number of methoxy groups -OCH3 is 1. The van der Waals surface area contributed by atoms with E-state index in [9.17, 15) is 4.39 Å².